The SMILES string of the molecule is Cc1nccc([C@@H]2CN(C(=O)c3ccc4c(c3)CCCC4)CCO2)n1. The minimum atomic E-state index is -0.183. The molecule has 0 bridgehead atoms. The molecular weight excluding hydrogens is 314 g/mol. The molecule has 5 nitrogen and oxygen atoms in total. The molecule has 4 rings (SSSR count). The summed E-state index contributed by atoms with van der Waals surface area (Å²) in [4.78, 5) is 23.4. The fourth-order valence-corrected chi connectivity index (χ4v) is 3.72. The topological polar surface area (TPSA) is 55.3 Å². The number of carbonyl (C=O) groups excluding carboxylic acids is 1. The van der Waals surface area contributed by atoms with E-state index in [0.29, 0.717) is 19.7 Å². The lowest BCUT2D eigenvalue weighted by Gasteiger charge is -2.33. The van der Waals surface area contributed by atoms with Gasteiger partial charge in [0.05, 0.1) is 18.8 Å². The maximum absolute atomic E-state index is 13.0. The Hall–Kier alpha value is -2.27. The van der Waals surface area contributed by atoms with E-state index in [1.54, 1.807) is 6.20 Å². The van der Waals surface area contributed by atoms with Gasteiger partial charge in [-0.15, -0.1) is 0 Å². The van der Waals surface area contributed by atoms with Gasteiger partial charge in [0, 0.05) is 18.3 Å². The minimum Gasteiger partial charge on any atom is -0.368 e. The summed E-state index contributed by atoms with van der Waals surface area (Å²) < 4.78 is 5.84. The Labute approximate surface area is 148 Å². The second kappa shape index (κ2) is 6.92. The summed E-state index contributed by atoms with van der Waals surface area (Å²) in [7, 11) is 0. The first kappa shape index (κ1) is 16.2. The van der Waals surface area contributed by atoms with E-state index in [4.69, 9.17) is 4.74 Å². The molecule has 130 valence electrons. The molecule has 0 N–H and O–H groups in total. The van der Waals surface area contributed by atoms with Crippen molar-refractivity contribution in [3.8, 4) is 0 Å². The smallest absolute Gasteiger partial charge is 0.254 e. The van der Waals surface area contributed by atoms with Crippen LogP contribution >= 0.6 is 0 Å². The van der Waals surface area contributed by atoms with Crippen LogP contribution in [-0.4, -0.2) is 40.5 Å². The van der Waals surface area contributed by atoms with Crippen molar-refractivity contribution in [2.24, 2.45) is 0 Å². The fourth-order valence-electron chi connectivity index (χ4n) is 3.72. The Morgan fingerprint density at radius 1 is 1.20 bits per heavy atom. The van der Waals surface area contributed by atoms with Gasteiger partial charge in [0.2, 0.25) is 0 Å². The second-order valence-electron chi connectivity index (χ2n) is 6.83. The molecule has 1 aromatic heterocycles. The molecule has 1 atom stereocenters. The molecule has 0 radical (unpaired) electrons. The highest BCUT2D eigenvalue weighted by molar-refractivity contribution is 5.94. The predicted octanol–water partition coefficient (Wildman–Crippen LogP) is 2.88. The van der Waals surface area contributed by atoms with Gasteiger partial charge in [0.25, 0.3) is 5.91 Å². The minimum absolute atomic E-state index is 0.0902. The molecular formula is C20H23N3O2. The summed E-state index contributed by atoms with van der Waals surface area (Å²) in [5.74, 6) is 0.812. The number of rotatable bonds is 2. The molecule has 1 aliphatic heterocycles. The van der Waals surface area contributed by atoms with Gasteiger partial charge >= 0.3 is 0 Å². The first-order valence-corrected chi connectivity index (χ1v) is 9.03. The largest absolute Gasteiger partial charge is 0.368 e. The average molecular weight is 337 g/mol. The summed E-state index contributed by atoms with van der Waals surface area (Å²) in [5, 5.41) is 0. The van der Waals surface area contributed by atoms with Gasteiger partial charge in [-0.2, -0.15) is 0 Å². The van der Waals surface area contributed by atoms with Crippen molar-refractivity contribution in [2.45, 2.75) is 38.7 Å². The van der Waals surface area contributed by atoms with Gasteiger partial charge in [-0.25, -0.2) is 9.97 Å². The Bertz CT molecular complexity index is 790. The predicted molar refractivity (Wildman–Crippen MR) is 94.4 cm³/mol. The van der Waals surface area contributed by atoms with Crippen LogP contribution in [0, 0.1) is 6.92 Å². The maximum atomic E-state index is 13.0. The van der Waals surface area contributed by atoms with Crippen molar-refractivity contribution >= 4 is 5.91 Å². The third-order valence-corrected chi connectivity index (χ3v) is 5.08. The normalized spacial score (nSPS) is 20.2. The fraction of sp³-hybridized carbons (Fsp3) is 0.450. The van der Waals surface area contributed by atoms with Crippen molar-refractivity contribution in [3.05, 3.63) is 58.7 Å². The number of hydrogen-bond donors (Lipinski definition) is 0. The lowest BCUT2D eigenvalue weighted by molar-refractivity contribution is -0.0248. The van der Waals surface area contributed by atoms with Gasteiger partial charge in [-0.1, -0.05) is 6.07 Å². The number of benzene rings is 1. The van der Waals surface area contributed by atoms with Crippen LogP contribution in [0.25, 0.3) is 0 Å². The number of amides is 1. The lowest BCUT2D eigenvalue weighted by Crippen LogP contribution is -2.42. The molecule has 0 spiro atoms. The number of fused-ring (bicyclic) bond motifs is 1. The highest BCUT2D eigenvalue weighted by Crippen LogP contribution is 2.25. The lowest BCUT2D eigenvalue weighted by atomic mass is 9.90. The molecule has 1 saturated heterocycles. The summed E-state index contributed by atoms with van der Waals surface area (Å²) in [6, 6.07) is 8.07. The summed E-state index contributed by atoms with van der Waals surface area (Å²) >= 11 is 0. The Morgan fingerprint density at radius 2 is 2.04 bits per heavy atom. The number of aryl methyl sites for hydroxylation is 3. The van der Waals surface area contributed by atoms with Gasteiger partial charge in [0.15, 0.2) is 0 Å². The Balaban J connectivity index is 1.52. The van der Waals surface area contributed by atoms with Crippen molar-refractivity contribution in [1.82, 2.24) is 14.9 Å². The van der Waals surface area contributed by atoms with Crippen LogP contribution in [-0.2, 0) is 17.6 Å². The number of aromatic nitrogens is 2. The van der Waals surface area contributed by atoms with Gasteiger partial charge in [0.1, 0.15) is 11.9 Å². The molecule has 2 aliphatic rings. The van der Waals surface area contributed by atoms with Crippen LogP contribution < -0.4 is 0 Å². The van der Waals surface area contributed by atoms with Crippen molar-refractivity contribution in [1.29, 1.82) is 0 Å². The average Bonchev–Trinajstić information content (AvgIpc) is 2.67. The molecule has 0 saturated carbocycles. The molecule has 1 aromatic carbocycles. The standard InChI is InChI=1S/C20H23N3O2/c1-14-21-9-8-18(22-14)19-13-23(10-11-25-19)20(24)17-7-6-15-4-2-3-5-16(15)12-17/h6-9,12,19H,2-5,10-11,13H2,1H3/t19-/m0/s1. The van der Waals surface area contributed by atoms with E-state index >= 15 is 0 Å². The summed E-state index contributed by atoms with van der Waals surface area (Å²) in [5.41, 5.74) is 4.38. The van der Waals surface area contributed by atoms with Crippen molar-refractivity contribution < 1.29 is 9.53 Å². The number of nitrogens with zero attached hydrogens (tertiary/aromatic N) is 3. The van der Waals surface area contributed by atoms with E-state index in [9.17, 15) is 4.79 Å². The van der Waals surface area contributed by atoms with Crippen LogP contribution in [0.4, 0.5) is 0 Å². The van der Waals surface area contributed by atoms with Crippen molar-refractivity contribution in [2.75, 3.05) is 19.7 Å². The van der Waals surface area contributed by atoms with Crippen LogP contribution in [0.1, 0.15) is 51.9 Å². The van der Waals surface area contributed by atoms with Crippen LogP contribution in [0.3, 0.4) is 0 Å². The summed E-state index contributed by atoms with van der Waals surface area (Å²) in [6.45, 7) is 3.55. The van der Waals surface area contributed by atoms with E-state index in [1.807, 2.05) is 24.0 Å². The highest BCUT2D eigenvalue weighted by Gasteiger charge is 2.27. The van der Waals surface area contributed by atoms with E-state index < -0.39 is 0 Å². The van der Waals surface area contributed by atoms with Crippen molar-refractivity contribution in [3.63, 3.8) is 0 Å². The maximum Gasteiger partial charge on any atom is 0.254 e. The van der Waals surface area contributed by atoms with Crippen LogP contribution in [0.2, 0.25) is 0 Å². The second-order valence-corrected chi connectivity index (χ2v) is 6.83. The third kappa shape index (κ3) is 3.42. The first-order valence-electron chi connectivity index (χ1n) is 9.03. The zero-order valence-electron chi connectivity index (χ0n) is 14.6. The Morgan fingerprint density at radius 3 is 2.88 bits per heavy atom. The number of morpholine rings is 1. The zero-order chi connectivity index (χ0) is 17.2. The van der Waals surface area contributed by atoms with E-state index in [0.717, 1.165) is 29.9 Å². The highest BCUT2D eigenvalue weighted by atomic mass is 16.5. The molecule has 2 aromatic rings. The molecule has 1 fully saturated rings. The molecule has 2 heterocycles. The quantitative estimate of drug-likeness (QED) is 0.845. The first-order chi connectivity index (χ1) is 12.2. The van der Waals surface area contributed by atoms with Gasteiger partial charge in [-0.3, -0.25) is 4.79 Å². The Kier molecular flexibility index (Phi) is 4.49. The van der Waals surface area contributed by atoms with E-state index in [-0.39, 0.29) is 12.0 Å². The third-order valence-electron chi connectivity index (χ3n) is 5.08. The zero-order valence-corrected chi connectivity index (χ0v) is 14.6. The van der Waals surface area contributed by atoms with E-state index in [1.165, 1.54) is 24.0 Å². The van der Waals surface area contributed by atoms with Gasteiger partial charge in [-0.05, 0) is 61.9 Å². The molecule has 1 aliphatic carbocycles. The molecule has 1 amide bonds. The van der Waals surface area contributed by atoms with Crippen LogP contribution in [0.15, 0.2) is 30.5 Å². The molecule has 0 unspecified atom stereocenters. The van der Waals surface area contributed by atoms with Gasteiger partial charge < -0.3 is 9.64 Å². The number of carbonyl (C=O) groups is 1. The van der Waals surface area contributed by atoms with E-state index in [2.05, 4.69) is 22.1 Å². The number of ether oxygens (including phenoxy) is 1. The molecule has 25 heavy (non-hydrogen) atoms. The number of hydrogen-bond acceptors (Lipinski definition) is 4. The molecule has 5 heteroatoms. The monoisotopic (exact) mass is 337 g/mol. The van der Waals surface area contributed by atoms with Crippen LogP contribution in [0.5, 0.6) is 0 Å². The summed E-state index contributed by atoms with van der Waals surface area (Å²) in [6.07, 6.45) is 6.25.